The predicted octanol–water partition coefficient (Wildman–Crippen LogP) is 2.21. The van der Waals surface area contributed by atoms with E-state index in [1.807, 2.05) is 0 Å². The zero-order chi connectivity index (χ0) is 11.6. The Bertz CT molecular complexity index is 488. The van der Waals surface area contributed by atoms with Crippen molar-refractivity contribution in [2.24, 2.45) is 0 Å². The molecule has 6 nitrogen and oxygen atoms in total. The molecule has 0 atom stereocenters. The zero-order valence-corrected chi connectivity index (χ0v) is 11.0. The number of hydrogen-bond acceptors (Lipinski definition) is 4. The summed E-state index contributed by atoms with van der Waals surface area (Å²) >= 11 is 5.31. The maximum absolute atomic E-state index is 11.6. The summed E-state index contributed by atoms with van der Waals surface area (Å²) in [5.41, 5.74) is -0.471. The van der Waals surface area contributed by atoms with Crippen molar-refractivity contribution in [2.45, 2.75) is 4.90 Å². The van der Waals surface area contributed by atoms with E-state index in [0.29, 0.717) is 2.36 Å². The third kappa shape index (κ3) is 2.54. The van der Waals surface area contributed by atoms with Gasteiger partial charge >= 0.3 is 0 Å². The van der Waals surface area contributed by atoms with E-state index in [-0.39, 0.29) is 4.90 Å². The predicted molar refractivity (Wildman–Crippen MR) is 60.0 cm³/mol. The molecule has 0 amide bonds. The molecule has 0 bridgehead atoms. The van der Waals surface area contributed by atoms with E-state index in [2.05, 4.69) is 32.3 Å². The van der Waals surface area contributed by atoms with E-state index < -0.39 is 20.6 Å². The van der Waals surface area contributed by atoms with Gasteiger partial charge in [-0.1, -0.05) is 14.5 Å². The first kappa shape index (κ1) is 12.6. The lowest BCUT2D eigenvalue weighted by molar-refractivity contribution is -0.387. The Kier molecular flexibility index (Phi) is 3.82. The van der Waals surface area contributed by atoms with Gasteiger partial charge in [-0.15, -0.1) is 0 Å². The topological polar surface area (TPSA) is 80.5 Å². The molecule has 0 spiro atoms. The number of hydrogen-bond donors (Lipinski definition) is 0. The van der Waals surface area contributed by atoms with Crippen molar-refractivity contribution < 1.29 is 13.3 Å². The van der Waals surface area contributed by atoms with Crippen LogP contribution in [0.3, 0.4) is 0 Å². The molecule has 0 saturated heterocycles. The van der Waals surface area contributed by atoms with E-state index >= 15 is 0 Å². The van der Waals surface area contributed by atoms with Crippen LogP contribution < -0.4 is 0 Å². The molecule has 0 aliphatic carbocycles. The summed E-state index contributed by atoms with van der Waals surface area (Å²) in [4.78, 5) is 9.44. The normalized spacial score (nSPS) is 11.7. The fraction of sp³-hybridized carbons (Fsp3) is 0. The van der Waals surface area contributed by atoms with Gasteiger partial charge in [0.1, 0.15) is 0 Å². The minimum atomic E-state index is -3.93. The molecule has 1 aromatic rings. The van der Waals surface area contributed by atoms with E-state index in [9.17, 15) is 18.5 Å². The average Bonchev–Trinajstić information content (AvgIpc) is 2.17. The van der Waals surface area contributed by atoms with Crippen molar-refractivity contribution in [2.75, 3.05) is 0 Å². The van der Waals surface area contributed by atoms with Crippen LogP contribution in [-0.4, -0.2) is 15.7 Å². The zero-order valence-electron chi connectivity index (χ0n) is 7.00. The first-order valence-corrected chi connectivity index (χ1v) is 6.33. The molecule has 0 N–H and O–H groups in total. The lowest BCUT2D eigenvalue weighted by atomic mass is 10.3. The summed E-state index contributed by atoms with van der Waals surface area (Å²) < 4.78 is 23.7. The third-order valence-corrected chi connectivity index (χ3v) is 5.07. The first-order valence-electron chi connectivity index (χ1n) is 3.47. The minimum absolute atomic E-state index is 0.385. The molecule has 0 heterocycles. The molecule has 0 aromatic heterocycles. The van der Waals surface area contributed by atoms with Crippen LogP contribution in [0.15, 0.2) is 29.2 Å². The van der Waals surface area contributed by atoms with Gasteiger partial charge in [0.15, 0.2) is 4.90 Å². The summed E-state index contributed by atoms with van der Waals surface area (Å²) in [6.45, 7) is 0. The molecule has 15 heavy (non-hydrogen) atoms. The SMILES string of the molecule is O=[N+]([O-])c1ccccc1S(=O)(=O)N(Br)Br. The molecule has 0 fully saturated rings. The van der Waals surface area contributed by atoms with Gasteiger partial charge in [-0.3, -0.25) is 10.1 Å². The van der Waals surface area contributed by atoms with Crippen LogP contribution >= 0.6 is 32.3 Å². The van der Waals surface area contributed by atoms with Gasteiger partial charge in [0, 0.05) is 38.4 Å². The Balaban J connectivity index is 3.45. The molecule has 0 aliphatic rings. The van der Waals surface area contributed by atoms with Gasteiger partial charge in [0.2, 0.25) is 0 Å². The van der Waals surface area contributed by atoms with Crippen LogP contribution in [0.25, 0.3) is 0 Å². The number of rotatable bonds is 3. The molecule has 0 aliphatic heterocycles. The molecule has 0 saturated carbocycles. The molecular weight excluding hydrogens is 356 g/mol. The summed E-state index contributed by atoms with van der Waals surface area (Å²) in [6.07, 6.45) is 0. The van der Waals surface area contributed by atoms with Crippen LogP contribution in [0.4, 0.5) is 5.69 Å². The molecule has 1 aromatic carbocycles. The fourth-order valence-electron chi connectivity index (χ4n) is 0.900. The Labute approximate surface area is 103 Å². The fourth-order valence-corrected chi connectivity index (χ4v) is 2.64. The molecule has 82 valence electrons. The summed E-state index contributed by atoms with van der Waals surface area (Å²) in [5.74, 6) is 0. The van der Waals surface area contributed by atoms with Crippen molar-refractivity contribution in [3.8, 4) is 0 Å². The summed E-state index contributed by atoms with van der Waals surface area (Å²) in [5, 5.41) is 10.6. The quantitative estimate of drug-likeness (QED) is 0.470. The highest BCUT2D eigenvalue weighted by atomic mass is 79.9. The summed E-state index contributed by atoms with van der Waals surface area (Å²) in [7, 11) is -3.93. The van der Waals surface area contributed by atoms with Gasteiger partial charge in [-0.05, 0) is 6.07 Å². The van der Waals surface area contributed by atoms with Gasteiger partial charge in [0.05, 0.1) is 4.92 Å². The van der Waals surface area contributed by atoms with Crippen molar-refractivity contribution in [3.05, 3.63) is 34.4 Å². The second-order valence-electron chi connectivity index (χ2n) is 2.40. The van der Waals surface area contributed by atoms with Gasteiger partial charge in [-0.25, -0.2) is 8.42 Å². The molecule has 1 rings (SSSR count). The largest absolute Gasteiger partial charge is 0.289 e. The lowest BCUT2D eigenvalue weighted by Gasteiger charge is -2.06. The minimum Gasteiger partial charge on any atom is -0.258 e. The Morgan fingerprint density at radius 2 is 1.80 bits per heavy atom. The average molecular weight is 360 g/mol. The van der Waals surface area contributed by atoms with Crippen molar-refractivity contribution in [1.29, 1.82) is 0 Å². The highest BCUT2D eigenvalue weighted by Gasteiger charge is 2.28. The maximum atomic E-state index is 11.6. The number of nitro benzene ring substituents is 1. The lowest BCUT2D eigenvalue weighted by Crippen LogP contribution is -2.13. The smallest absolute Gasteiger partial charge is 0.258 e. The number of sulfonamides is 1. The Morgan fingerprint density at radius 1 is 1.27 bits per heavy atom. The highest BCUT2D eigenvalue weighted by molar-refractivity contribution is 9.22. The maximum Gasteiger partial charge on any atom is 0.289 e. The van der Waals surface area contributed by atoms with Crippen LogP contribution in [-0.2, 0) is 10.0 Å². The monoisotopic (exact) mass is 358 g/mol. The third-order valence-electron chi connectivity index (χ3n) is 1.52. The first-order chi connectivity index (χ1) is 6.87. The standard InChI is InChI=1S/C6H4Br2N2O4S/c7-10(8)15(13,14)6-4-2-1-3-5(6)9(11)12/h1-4H. The van der Waals surface area contributed by atoms with E-state index in [4.69, 9.17) is 0 Å². The van der Waals surface area contributed by atoms with E-state index in [1.165, 1.54) is 12.1 Å². The molecule has 0 unspecified atom stereocenters. The van der Waals surface area contributed by atoms with Crippen LogP contribution in [0.1, 0.15) is 0 Å². The number of nitro groups is 1. The van der Waals surface area contributed by atoms with Gasteiger partial charge in [-0.2, -0.15) is 0 Å². The molecule has 0 radical (unpaired) electrons. The van der Waals surface area contributed by atoms with Crippen molar-refractivity contribution in [3.63, 3.8) is 0 Å². The van der Waals surface area contributed by atoms with Gasteiger partial charge < -0.3 is 0 Å². The highest BCUT2D eigenvalue weighted by Crippen LogP contribution is 2.29. The Morgan fingerprint density at radius 3 is 2.27 bits per heavy atom. The van der Waals surface area contributed by atoms with Crippen LogP contribution in [0.5, 0.6) is 0 Å². The molecule has 9 heteroatoms. The van der Waals surface area contributed by atoms with Gasteiger partial charge in [0.25, 0.3) is 15.7 Å². The molecular formula is C6H4Br2N2O4S. The number of para-hydroxylation sites is 1. The number of benzene rings is 1. The Hall–Kier alpha value is -0.510. The van der Waals surface area contributed by atoms with Crippen molar-refractivity contribution in [1.82, 2.24) is 2.36 Å². The summed E-state index contributed by atoms with van der Waals surface area (Å²) in [6, 6.07) is 5.08. The number of nitrogens with zero attached hydrogens (tertiary/aromatic N) is 2. The van der Waals surface area contributed by atoms with Crippen molar-refractivity contribution >= 4 is 48.0 Å². The second kappa shape index (κ2) is 4.56. The number of halogens is 2. The van der Waals surface area contributed by atoms with E-state index in [1.54, 1.807) is 0 Å². The second-order valence-corrected chi connectivity index (χ2v) is 7.47. The van der Waals surface area contributed by atoms with Crippen LogP contribution in [0, 0.1) is 10.1 Å². The van der Waals surface area contributed by atoms with Crippen LogP contribution in [0.2, 0.25) is 0 Å². The van der Waals surface area contributed by atoms with E-state index in [0.717, 1.165) is 12.1 Å².